The highest BCUT2D eigenvalue weighted by molar-refractivity contribution is 6.14. The Morgan fingerprint density at radius 1 is 1.17 bits per heavy atom. The summed E-state index contributed by atoms with van der Waals surface area (Å²) in [7, 11) is 0. The lowest BCUT2D eigenvalue weighted by atomic mass is 10.1. The molecule has 2 atom stereocenters. The number of nitrogens with zero attached hydrogens (tertiary/aromatic N) is 2. The number of hydrogen-bond donors (Lipinski definition) is 0. The number of hydrogen-bond acceptors (Lipinski definition) is 4. The predicted octanol–water partition coefficient (Wildman–Crippen LogP) is 3.91. The van der Waals surface area contributed by atoms with Crippen LogP contribution in [0.15, 0.2) is 36.4 Å². The highest BCUT2D eigenvalue weighted by Crippen LogP contribution is 2.37. The minimum atomic E-state index is -0.672. The molecule has 152 valence electrons. The van der Waals surface area contributed by atoms with Gasteiger partial charge in [0.15, 0.2) is 0 Å². The van der Waals surface area contributed by atoms with Crippen molar-refractivity contribution in [2.24, 2.45) is 0 Å². The Balaban J connectivity index is 1.64. The van der Waals surface area contributed by atoms with E-state index in [0.29, 0.717) is 18.0 Å². The van der Waals surface area contributed by atoms with Gasteiger partial charge in [-0.15, -0.1) is 0 Å². The van der Waals surface area contributed by atoms with Crippen LogP contribution < -0.4 is 14.4 Å². The number of rotatable bonds is 5. The normalized spacial score (nSPS) is 20.8. The number of urea groups is 1. The van der Waals surface area contributed by atoms with E-state index < -0.39 is 17.9 Å². The number of carbonyl (C=O) groups excluding carboxylic acids is 2. The van der Waals surface area contributed by atoms with E-state index in [1.165, 1.54) is 34.1 Å². The van der Waals surface area contributed by atoms with E-state index in [9.17, 15) is 14.0 Å². The molecule has 4 rings (SSSR count). The summed E-state index contributed by atoms with van der Waals surface area (Å²) < 4.78 is 24.9. The Labute approximate surface area is 168 Å². The zero-order valence-corrected chi connectivity index (χ0v) is 16.6. The maximum absolute atomic E-state index is 13.3. The Hall–Kier alpha value is -3.09. The van der Waals surface area contributed by atoms with Crippen LogP contribution in [0.25, 0.3) is 0 Å². The molecule has 0 radical (unpaired) electrons. The van der Waals surface area contributed by atoms with Crippen molar-refractivity contribution in [1.29, 1.82) is 0 Å². The van der Waals surface area contributed by atoms with Gasteiger partial charge in [-0.05, 0) is 57.2 Å². The molecule has 2 aromatic rings. The predicted molar refractivity (Wildman–Crippen MR) is 106 cm³/mol. The lowest BCUT2D eigenvalue weighted by Crippen LogP contribution is -2.33. The van der Waals surface area contributed by atoms with Crippen LogP contribution >= 0.6 is 0 Å². The first kappa shape index (κ1) is 19.2. The van der Waals surface area contributed by atoms with Gasteiger partial charge in [0.05, 0.1) is 13.2 Å². The summed E-state index contributed by atoms with van der Waals surface area (Å²) in [6.45, 7) is 6.11. The average Bonchev–Trinajstić information content (AvgIpc) is 3.14. The van der Waals surface area contributed by atoms with Crippen molar-refractivity contribution in [1.82, 2.24) is 4.90 Å². The molecule has 0 N–H and O–H groups in total. The fourth-order valence-electron chi connectivity index (χ4n) is 3.87. The van der Waals surface area contributed by atoms with Crippen LogP contribution in [0.1, 0.15) is 31.9 Å². The van der Waals surface area contributed by atoms with E-state index in [2.05, 4.69) is 0 Å². The Kier molecular flexibility index (Phi) is 4.90. The number of carbonyl (C=O) groups is 2. The molecule has 2 unspecified atom stereocenters. The highest BCUT2D eigenvalue weighted by Gasteiger charge is 2.43. The molecule has 2 aromatic carbocycles. The molecule has 0 aromatic heterocycles. The van der Waals surface area contributed by atoms with Gasteiger partial charge < -0.3 is 9.47 Å². The molecule has 2 aliphatic heterocycles. The molecule has 29 heavy (non-hydrogen) atoms. The Morgan fingerprint density at radius 3 is 2.59 bits per heavy atom. The smallest absolute Gasteiger partial charge is 0.332 e. The Bertz CT molecular complexity index is 960. The average molecular weight is 398 g/mol. The highest BCUT2D eigenvalue weighted by atomic mass is 19.1. The van der Waals surface area contributed by atoms with Gasteiger partial charge in [0.1, 0.15) is 29.5 Å². The Morgan fingerprint density at radius 2 is 1.90 bits per heavy atom. The molecule has 0 bridgehead atoms. The molecule has 2 heterocycles. The molecule has 6 nitrogen and oxygen atoms in total. The van der Waals surface area contributed by atoms with Gasteiger partial charge >= 0.3 is 6.03 Å². The van der Waals surface area contributed by atoms with Crippen molar-refractivity contribution in [2.75, 3.05) is 11.5 Å². The van der Waals surface area contributed by atoms with Gasteiger partial charge in [-0.3, -0.25) is 14.6 Å². The molecular weight excluding hydrogens is 375 g/mol. The number of benzene rings is 2. The number of anilines is 1. The second-order valence-corrected chi connectivity index (χ2v) is 7.36. The second kappa shape index (κ2) is 7.39. The van der Waals surface area contributed by atoms with Crippen molar-refractivity contribution < 1.29 is 23.5 Å². The maximum atomic E-state index is 13.3. The summed E-state index contributed by atoms with van der Waals surface area (Å²) in [6.07, 6.45) is 0.880. The number of imide groups is 1. The van der Waals surface area contributed by atoms with E-state index in [1.54, 1.807) is 6.92 Å². The number of amides is 3. The summed E-state index contributed by atoms with van der Waals surface area (Å²) >= 11 is 0. The van der Waals surface area contributed by atoms with E-state index >= 15 is 0 Å². The number of fused-ring (bicyclic) bond motifs is 1. The van der Waals surface area contributed by atoms with Gasteiger partial charge in [-0.25, -0.2) is 9.18 Å². The minimum absolute atomic E-state index is 0.0822. The van der Waals surface area contributed by atoms with Crippen LogP contribution in [-0.2, 0) is 17.8 Å². The van der Waals surface area contributed by atoms with E-state index in [0.717, 1.165) is 23.3 Å². The van der Waals surface area contributed by atoms with Crippen molar-refractivity contribution >= 4 is 17.6 Å². The first-order valence-electron chi connectivity index (χ1n) is 9.74. The fraction of sp³-hybridized carbons (Fsp3) is 0.364. The van der Waals surface area contributed by atoms with Crippen molar-refractivity contribution in [2.45, 2.75) is 45.9 Å². The summed E-state index contributed by atoms with van der Waals surface area (Å²) in [4.78, 5) is 28.5. The fourth-order valence-corrected chi connectivity index (χ4v) is 3.87. The largest absolute Gasteiger partial charge is 0.494 e. The molecule has 7 heteroatoms. The second-order valence-electron chi connectivity index (χ2n) is 7.36. The van der Waals surface area contributed by atoms with Crippen LogP contribution in [0, 0.1) is 5.82 Å². The number of halogens is 1. The zero-order valence-electron chi connectivity index (χ0n) is 16.6. The van der Waals surface area contributed by atoms with Crippen molar-refractivity contribution in [3.8, 4) is 11.5 Å². The molecule has 1 fully saturated rings. The lowest BCUT2D eigenvalue weighted by Gasteiger charge is -2.20. The molecule has 0 aliphatic carbocycles. The van der Waals surface area contributed by atoms with E-state index in [4.69, 9.17) is 9.47 Å². The van der Waals surface area contributed by atoms with Crippen LogP contribution in [-0.4, -0.2) is 35.6 Å². The van der Waals surface area contributed by atoms with E-state index in [1.807, 2.05) is 26.0 Å². The van der Waals surface area contributed by atoms with Crippen molar-refractivity contribution in [3.63, 3.8) is 0 Å². The SMILES string of the molecule is CCOc1cc2c(cc1CN1C(=O)C(C)N(c3ccc(F)cc3)C1=O)OC(C)C2. The summed E-state index contributed by atoms with van der Waals surface area (Å²) in [5, 5.41) is 0. The lowest BCUT2D eigenvalue weighted by molar-refractivity contribution is -0.127. The molecular formula is C22H23FN2O4. The third kappa shape index (κ3) is 3.41. The standard InChI is InChI=1S/C22H23FN2O4/c1-4-28-19-10-15-9-13(2)29-20(15)11-16(19)12-24-21(26)14(3)25(22(24)27)18-7-5-17(23)6-8-18/h5-8,10-11,13-14H,4,9,12H2,1-3H3. The monoisotopic (exact) mass is 398 g/mol. The van der Waals surface area contributed by atoms with E-state index in [-0.39, 0.29) is 18.6 Å². The minimum Gasteiger partial charge on any atom is -0.494 e. The summed E-state index contributed by atoms with van der Waals surface area (Å²) in [5.74, 6) is 0.706. The van der Waals surface area contributed by atoms with Crippen molar-refractivity contribution in [3.05, 3.63) is 53.3 Å². The summed E-state index contributed by atoms with van der Waals surface area (Å²) in [5.41, 5.74) is 2.26. The van der Waals surface area contributed by atoms with Crippen LogP contribution in [0.5, 0.6) is 11.5 Å². The molecule has 0 saturated carbocycles. The van der Waals surface area contributed by atoms with Crippen LogP contribution in [0.4, 0.5) is 14.9 Å². The van der Waals surface area contributed by atoms with Gasteiger partial charge in [0, 0.05) is 23.2 Å². The zero-order chi connectivity index (χ0) is 20.7. The quantitative estimate of drug-likeness (QED) is 0.717. The number of ether oxygens (including phenoxy) is 2. The molecule has 1 saturated heterocycles. The topological polar surface area (TPSA) is 59.1 Å². The molecule has 0 spiro atoms. The molecule has 3 amide bonds. The van der Waals surface area contributed by atoms with Gasteiger partial charge in [-0.1, -0.05) is 0 Å². The first-order chi connectivity index (χ1) is 13.9. The maximum Gasteiger partial charge on any atom is 0.332 e. The third-order valence-electron chi connectivity index (χ3n) is 5.26. The van der Waals surface area contributed by atoms with Crippen LogP contribution in [0.3, 0.4) is 0 Å². The van der Waals surface area contributed by atoms with Crippen LogP contribution in [0.2, 0.25) is 0 Å². The van der Waals surface area contributed by atoms with Gasteiger partial charge in [0.25, 0.3) is 5.91 Å². The summed E-state index contributed by atoms with van der Waals surface area (Å²) in [6, 6.07) is 8.22. The first-order valence-corrected chi connectivity index (χ1v) is 9.74. The van der Waals surface area contributed by atoms with Gasteiger partial charge in [-0.2, -0.15) is 0 Å². The third-order valence-corrected chi connectivity index (χ3v) is 5.26. The van der Waals surface area contributed by atoms with Gasteiger partial charge in [0.2, 0.25) is 0 Å². The molecule has 2 aliphatic rings.